The van der Waals surface area contributed by atoms with Crippen molar-refractivity contribution in [2.45, 2.75) is 13.5 Å². The Morgan fingerprint density at radius 1 is 1.23 bits per heavy atom. The summed E-state index contributed by atoms with van der Waals surface area (Å²) in [6.45, 7) is 2.51. The molecule has 0 atom stereocenters. The van der Waals surface area contributed by atoms with Crippen LogP contribution < -0.4 is 15.0 Å². The summed E-state index contributed by atoms with van der Waals surface area (Å²) in [5, 5.41) is 2.56. The number of thiophene rings is 1. The average molecular weight is 316 g/mol. The topological polar surface area (TPSA) is 53.3 Å². The van der Waals surface area contributed by atoms with Gasteiger partial charge in [0.2, 0.25) is 0 Å². The Kier molecular flexibility index (Phi) is 3.85. The lowest BCUT2D eigenvalue weighted by Crippen LogP contribution is -2.17. The second-order valence-corrected chi connectivity index (χ2v) is 5.89. The maximum absolute atomic E-state index is 12.2. The fourth-order valence-electron chi connectivity index (χ4n) is 2.46. The van der Waals surface area contributed by atoms with E-state index in [-0.39, 0.29) is 5.56 Å². The minimum atomic E-state index is -0.254. The fourth-order valence-corrected chi connectivity index (χ4v) is 3.16. The van der Waals surface area contributed by atoms with E-state index in [1.165, 1.54) is 4.88 Å². The molecule has 114 valence electrons. The largest absolute Gasteiger partial charge is 0.493 e. The predicted octanol–water partition coefficient (Wildman–Crippen LogP) is 2.83. The molecular weight excluding hydrogens is 300 g/mol. The van der Waals surface area contributed by atoms with Crippen LogP contribution in [0.2, 0.25) is 0 Å². The van der Waals surface area contributed by atoms with Crippen LogP contribution in [0.5, 0.6) is 11.5 Å². The van der Waals surface area contributed by atoms with Gasteiger partial charge in [-0.15, -0.1) is 11.3 Å². The van der Waals surface area contributed by atoms with E-state index in [9.17, 15) is 4.79 Å². The number of aryl methyl sites for hydroxylation is 1. The van der Waals surface area contributed by atoms with Crippen molar-refractivity contribution in [1.82, 2.24) is 9.55 Å². The van der Waals surface area contributed by atoms with Gasteiger partial charge in [-0.1, -0.05) is 6.07 Å². The van der Waals surface area contributed by atoms with Gasteiger partial charge in [0, 0.05) is 10.9 Å². The van der Waals surface area contributed by atoms with E-state index in [0.29, 0.717) is 29.3 Å². The molecule has 0 fully saturated rings. The Morgan fingerprint density at radius 2 is 1.95 bits per heavy atom. The van der Waals surface area contributed by atoms with Crippen LogP contribution in [-0.2, 0) is 6.54 Å². The molecule has 3 aromatic rings. The van der Waals surface area contributed by atoms with Gasteiger partial charge in [0.15, 0.2) is 11.5 Å². The number of hydrogen-bond donors (Lipinski definition) is 0. The number of hydrogen-bond acceptors (Lipinski definition) is 5. The van der Waals surface area contributed by atoms with Crippen LogP contribution in [0.1, 0.15) is 10.7 Å². The number of methoxy groups -OCH3 is 2. The van der Waals surface area contributed by atoms with Crippen LogP contribution in [0.15, 0.2) is 34.4 Å². The molecule has 0 spiro atoms. The van der Waals surface area contributed by atoms with E-state index < -0.39 is 0 Å². The summed E-state index contributed by atoms with van der Waals surface area (Å²) in [6, 6.07) is 7.59. The Balaban J connectivity index is 2.28. The molecule has 2 aromatic heterocycles. The zero-order valence-corrected chi connectivity index (χ0v) is 13.4. The standard InChI is InChI=1S/C16H16N2O3S/c1-10-17-16(19)12-7-14(20-2)15(21-3)8-13(12)18(10)9-11-5-4-6-22-11/h4-8H,9H2,1-3H3. The van der Waals surface area contributed by atoms with E-state index in [0.717, 1.165) is 5.52 Å². The van der Waals surface area contributed by atoms with Gasteiger partial charge >= 0.3 is 0 Å². The number of benzene rings is 1. The number of rotatable bonds is 4. The summed E-state index contributed by atoms with van der Waals surface area (Å²) in [5.41, 5.74) is 0.541. The summed E-state index contributed by atoms with van der Waals surface area (Å²) >= 11 is 1.67. The molecule has 5 nitrogen and oxygen atoms in total. The normalized spacial score (nSPS) is 10.9. The molecule has 0 bridgehead atoms. The highest BCUT2D eigenvalue weighted by Gasteiger charge is 2.14. The minimum absolute atomic E-state index is 0.254. The van der Waals surface area contributed by atoms with Crippen molar-refractivity contribution in [2.75, 3.05) is 14.2 Å². The lowest BCUT2D eigenvalue weighted by molar-refractivity contribution is 0.355. The molecule has 22 heavy (non-hydrogen) atoms. The Labute approximate surface area is 131 Å². The minimum Gasteiger partial charge on any atom is -0.493 e. The van der Waals surface area contributed by atoms with Gasteiger partial charge in [-0.05, 0) is 24.4 Å². The lowest BCUT2D eigenvalue weighted by atomic mass is 10.2. The monoisotopic (exact) mass is 316 g/mol. The van der Waals surface area contributed by atoms with Crippen molar-refractivity contribution in [3.05, 3.63) is 50.7 Å². The summed E-state index contributed by atoms with van der Waals surface area (Å²) in [4.78, 5) is 17.5. The van der Waals surface area contributed by atoms with E-state index in [4.69, 9.17) is 9.47 Å². The molecule has 0 unspecified atom stereocenters. The SMILES string of the molecule is COc1cc2c(=O)nc(C)n(Cc3cccs3)c2cc1OC. The predicted molar refractivity (Wildman–Crippen MR) is 87.3 cm³/mol. The Morgan fingerprint density at radius 3 is 2.59 bits per heavy atom. The van der Waals surface area contributed by atoms with Gasteiger partial charge in [-0.25, -0.2) is 0 Å². The van der Waals surface area contributed by atoms with E-state index in [1.54, 1.807) is 31.6 Å². The first-order valence-electron chi connectivity index (χ1n) is 6.79. The molecule has 2 heterocycles. The lowest BCUT2D eigenvalue weighted by Gasteiger charge is -2.15. The fraction of sp³-hybridized carbons (Fsp3) is 0.250. The molecule has 6 heteroatoms. The second kappa shape index (κ2) is 5.81. The third kappa shape index (κ3) is 2.46. The smallest absolute Gasteiger partial charge is 0.280 e. The van der Waals surface area contributed by atoms with Crippen LogP contribution in [-0.4, -0.2) is 23.8 Å². The van der Waals surface area contributed by atoms with Gasteiger partial charge in [0.1, 0.15) is 5.82 Å². The maximum atomic E-state index is 12.2. The number of fused-ring (bicyclic) bond motifs is 1. The quantitative estimate of drug-likeness (QED) is 0.743. The van der Waals surface area contributed by atoms with Gasteiger partial charge in [-0.3, -0.25) is 4.79 Å². The van der Waals surface area contributed by atoms with Gasteiger partial charge < -0.3 is 14.0 Å². The zero-order valence-electron chi connectivity index (χ0n) is 12.6. The molecule has 3 rings (SSSR count). The van der Waals surface area contributed by atoms with E-state index in [1.807, 2.05) is 29.0 Å². The van der Waals surface area contributed by atoms with Crippen LogP contribution in [0.4, 0.5) is 0 Å². The zero-order chi connectivity index (χ0) is 15.7. The van der Waals surface area contributed by atoms with E-state index >= 15 is 0 Å². The summed E-state index contributed by atoms with van der Waals surface area (Å²) in [7, 11) is 3.13. The van der Waals surface area contributed by atoms with Crippen molar-refractivity contribution in [2.24, 2.45) is 0 Å². The van der Waals surface area contributed by atoms with Crippen molar-refractivity contribution < 1.29 is 9.47 Å². The molecular formula is C16H16N2O3S. The first kappa shape index (κ1) is 14.6. The molecule has 0 N–H and O–H groups in total. The van der Waals surface area contributed by atoms with Gasteiger partial charge in [0.25, 0.3) is 5.56 Å². The third-order valence-electron chi connectivity index (χ3n) is 3.57. The molecule has 0 aliphatic heterocycles. The first-order valence-corrected chi connectivity index (χ1v) is 7.67. The third-order valence-corrected chi connectivity index (χ3v) is 4.43. The van der Waals surface area contributed by atoms with Crippen LogP contribution in [0.3, 0.4) is 0 Å². The molecule has 0 aliphatic rings. The summed E-state index contributed by atoms with van der Waals surface area (Å²) in [5.74, 6) is 1.80. The van der Waals surface area contributed by atoms with E-state index in [2.05, 4.69) is 11.1 Å². The number of nitrogens with zero attached hydrogens (tertiary/aromatic N) is 2. The highest BCUT2D eigenvalue weighted by Crippen LogP contribution is 2.31. The maximum Gasteiger partial charge on any atom is 0.280 e. The Hall–Kier alpha value is -2.34. The molecule has 0 aliphatic carbocycles. The highest BCUT2D eigenvalue weighted by molar-refractivity contribution is 7.09. The van der Waals surface area contributed by atoms with Crippen molar-refractivity contribution in [3.8, 4) is 11.5 Å². The van der Waals surface area contributed by atoms with Crippen LogP contribution >= 0.6 is 11.3 Å². The van der Waals surface area contributed by atoms with Gasteiger partial charge in [-0.2, -0.15) is 4.98 Å². The van der Waals surface area contributed by atoms with Crippen LogP contribution in [0, 0.1) is 6.92 Å². The van der Waals surface area contributed by atoms with Crippen molar-refractivity contribution in [1.29, 1.82) is 0 Å². The first-order chi connectivity index (χ1) is 10.6. The van der Waals surface area contributed by atoms with Crippen LogP contribution in [0.25, 0.3) is 10.9 Å². The molecule has 0 saturated carbocycles. The Bertz CT molecular complexity index is 869. The molecule has 0 amide bonds. The van der Waals surface area contributed by atoms with Crippen molar-refractivity contribution >= 4 is 22.2 Å². The molecule has 1 aromatic carbocycles. The average Bonchev–Trinajstić information content (AvgIpc) is 3.03. The molecule has 0 radical (unpaired) electrons. The highest BCUT2D eigenvalue weighted by atomic mass is 32.1. The number of ether oxygens (including phenoxy) is 2. The van der Waals surface area contributed by atoms with Crippen molar-refractivity contribution in [3.63, 3.8) is 0 Å². The summed E-state index contributed by atoms with van der Waals surface area (Å²) in [6.07, 6.45) is 0. The molecule has 0 saturated heterocycles. The van der Waals surface area contributed by atoms with Gasteiger partial charge in [0.05, 0.1) is 31.7 Å². The number of aromatic nitrogens is 2. The summed E-state index contributed by atoms with van der Waals surface area (Å²) < 4.78 is 12.7. The second-order valence-electron chi connectivity index (χ2n) is 4.85.